The topological polar surface area (TPSA) is 151 Å². The first-order valence-corrected chi connectivity index (χ1v) is 9.62. The van der Waals surface area contributed by atoms with Gasteiger partial charge in [0.25, 0.3) is 11.6 Å². The maximum atomic E-state index is 12.8. The van der Waals surface area contributed by atoms with Crippen molar-refractivity contribution >= 4 is 45.8 Å². The molecule has 11 heteroatoms. The number of aromatic nitrogens is 3. The number of nitrogen functional groups attached to an aromatic ring is 1. The Hall–Kier alpha value is -4.38. The predicted molar refractivity (Wildman–Crippen MR) is 120 cm³/mol. The number of rotatable bonds is 7. The third-order valence-corrected chi connectivity index (χ3v) is 4.70. The molecule has 162 valence electrons. The molecule has 4 rings (SSSR count). The maximum absolute atomic E-state index is 12.8. The molecule has 2 heterocycles. The van der Waals surface area contributed by atoms with E-state index in [0.717, 1.165) is 0 Å². The molecule has 2 aromatic carbocycles. The fraction of sp³-hybridized carbons (Fsp3) is 0.143. The number of nitrogens with zero attached hydrogens (tertiary/aromatic N) is 5. The molecule has 1 amide bonds. The Labute approximate surface area is 181 Å². The third kappa shape index (κ3) is 3.96. The van der Waals surface area contributed by atoms with Crippen LogP contribution < -0.4 is 11.1 Å². The number of para-hydroxylation sites is 2. The van der Waals surface area contributed by atoms with E-state index in [1.165, 1.54) is 30.1 Å². The Bertz CT molecular complexity index is 1360. The molecule has 0 unspecified atom stereocenters. The van der Waals surface area contributed by atoms with Crippen LogP contribution in [0.25, 0.3) is 22.2 Å². The summed E-state index contributed by atoms with van der Waals surface area (Å²) in [4.78, 5) is 32.6. The first-order chi connectivity index (χ1) is 15.5. The number of non-ortho nitro benzene ring substituents is 1. The average molecular weight is 433 g/mol. The largest absolute Gasteiger partial charge is 0.383 e. The summed E-state index contributed by atoms with van der Waals surface area (Å²) in [5, 5.41) is 18.1. The molecule has 0 aliphatic heterocycles. The minimum atomic E-state index is -0.489. The summed E-state index contributed by atoms with van der Waals surface area (Å²) in [7, 11) is 1.53. The molecule has 0 atom stereocenters. The highest BCUT2D eigenvalue weighted by Crippen LogP contribution is 2.27. The van der Waals surface area contributed by atoms with Crippen LogP contribution in [-0.4, -0.2) is 52.0 Å². The molecular formula is C21H19N7O4. The van der Waals surface area contributed by atoms with E-state index in [-0.39, 0.29) is 17.1 Å². The summed E-state index contributed by atoms with van der Waals surface area (Å²) in [5.41, 5.74) is 8.66. The van der Waals surface area contributed by atoms with E-state index in [1.54, 1.807) is 24.3 Å². The van der Waals surface area contributed by atoms with Crippen LogP contribution in [0.3, 0.4) is 0 Å². The van der Waals surface area contributed by atoms with Gasteiger partial charge in [-0.3, -0.25) is 14.9 Å². The molecule has 3 N–H and O–H groups in total. The second-order valence-corrected chi connectivity index (χ2v) is 6.80. The summed E-state index contributed by atoms with van der Waals surface area (Å²) in [6.45, 7) is 0.628. The number of hydrogen-bond acceptors (Lipinski definition) is 8. The van der Waals surface area contributed by atoms with E-state index in [1.807, 2.05) is 12.1 Å². The first kappa shape index (κ1) is 20.9. The molecule has 11 nitrogen and oxygen atoms in total. The number of carbonyl (C=O) groups excluding carboxylic acids is 1. The van der Waals surface area contributed by atoms with Crippen LogP contribution in [0.5, 0.6) is 0 Å². The minimum absolute atomic E-state index is 0.0481. The molecule has 0 spiro atoms. The highest BCUT2D eigenvalue weighted by Gasteiger charge is 2.23. The lowest BCUT2D eigenvalue weighted by Crippen LogP contribution is -2.27. The lowest BCUT2D eigenvalue weighted by Gasteiger charge is -2.04. The highest BCUT2D eigenvalue weighted by molar-refractivity contribution is 6.10. The van der Waals surface area contributed by atoms with Crippen molar-refractivity contribution in [2.45, 2.75) is 0 Å². The zero-order chi connectivity index (χ0) is 22.7. The van der Waals surface area contributed by atoms with Gasteiger partial charge in [-0.2, -0.15) is 9.78 Å². The Kier molecular flexibility index (Phi) is 5.73. The average Bonchev–Trinajstić information content (AvgIpc) is 3.06. The van der Waals surface area contributed by atoms with Crippen molar-refractivity contribution in [3.8, 4) is 0 Å². The molecule has 0 saturated heterocycles. The summed E-state index contributed by atoms with van der Waals surface area (Å²) >= 11 is 0. The Morgan fingerprint density at radius 1 is 1.25 bits per heavy atom. The van der Waals surface area contributed by atoms with E-state index in [0.29, 0.717) is 40.9 Å². The number of hydrogen-bond donors (Lipinski definition) is 2. The number of carbonyl (C=O) groups is 1. The highest BCUT2D eigenvalue weighted by atomic mass is 16.6. The van der Waals surface area contributed by atoms with Crippen LogP contribution in [-0.2, 0) is 4.74 Å². The second-order valence-electron chi connectivity index (χ2n) is 6.80. The predicted octanol–water partition coefficient (Wildman–Crippen LogP) is 2.33. The van der Waals surface area contributed by atoms with Crippen molar-refractivity contribution < 1.29 is 14.5 Å². The van der Waals surface area contributed by atoms with Crippen molar-refractivity contribution in [2.75, 3.05) is 26.0 Å². The number of fused-ring (bicyclic) bond motifs is 2. The van der Waals surface area contributed by atoms with Gasteiger partial charge in [-0.25, -0.2) is 9.97 Å². The van der Waals surface area contributed by atoms with Gasteiger partial charge in [-0.05, 0) is 12.1 Å². The van der Waals surface area contributed by atoms with Gasteiger partial charge in [0.15, 0.2) is 5.65 Å². The molecule has 0 radical (unpaired) electrons. The number of nitro benzene ring substituents is 1. The van der Waals surface area contributed by atoms with Gasteiger partial charge in [0.1, 0.15) is 16.9 Å². The van der Waals surface area contributed by atoms with E-state index in [2.05, 4.69) is 20.4 Å². The minimum Gasteiger partial charge on any atom is -0.383 e. The number of methoxy groups -OCH3 is 1. The van der Waals surface area contributed by atoms with Crippen LogP contribution in [0.1, 0.15) is 15.9 Å². The number of benzene rings is 2. The fourth-order valence-corrected chi connectivity index (χ4v) is 3.19. The van der Waals surface area contributed by atoms with Crippen molar-refractivity contribution in [1.82, 2.24) is 20.0 Å². The lowest BCUT2D eigenvalue weighted by molar-refractivity contribution is -0.384. The van der Waals surface area contributed by atoms with Crippen LogP contribution in [0.4, 0.5) is 11.5 Å². The van der Waals surface area contributed by atoms with E-state index in [9.17, 15) is 14.9 Å². The SMILES string of the molecule is COCCNC(=O)c1c(N)n(/N=C/c2cccc([N+](=O)[O-])c2)c2nc3ccccc3nc12. The molecule has 0 saturated carbocycles. The van der Waals surface area contributed by atoms with E-state index < -0.39 is 10.8 Å². The molecule has 0 aliphatic rings. The molecule has 2 aromatic heterocycles. The summed E-state index contributed by atoms with van der Waals surface area (Å²) in [6, 6.07) is 13.2. The normalized spacial score (nSPS) is 11.4. The Morgan fingerprint density at radius 2 is 2.00 bits per heavy atom. The van der Waals surface area contributed by atoms with E-state index >= 15 is 0 Å². The standard InChI is InChI=1S/C21H19N7O4/c1-32-10-9-23-21(29)17-18-20(26-16-8-3-2-7-15(16)25-18)27(19(17)22)24-12-13-5-4-6-14(11-13)28(30)31/h2-8,11-12H,9-10,22H2,1H3,(H,23,29)/b24-12+. The van der Waals surface area contributed by atoms with Gasteiger partial charge >= 0.3 is 0 Å². The fourth-order valence-electron chi connectivity index (χ4n) is 3.19. The smallest absolute Gasteiger partial charge is 0.270 e. The van der Waals surface area contributed by atoms with Crippen molar-refractivity contribution in [2.24, 2.45) is 5.10 Å². The zero-order valence-corrected chi connectivity index (χ0v) is 17.1. The number of nitrogens with two attached hydrogens (primary N) is 1. The number of ether oxygens (including phenoxy) is 1. The molecule has 4 aromatic rings. The van der Waals surface area contributed by atoms with Crippen molar-refractivity contribution in [3.05, 3.63) is 69.8 Å². The molecule has 32 heavy (non-hydrogen) atoms. The van der Waals surface area contributed by atoms with Gasteiger partial charge in [-0.15, -0.1) is 0 Å². The monoisotopic (exact) mass is 433 g/mol. The molecule has 0 bridgehead atoms. The zero-order valence-electron chi connectivity index (χ0n) is 17.1. The van der Waals surface area contributed by atoms with Gasteiger partial charge in [0, 0.05) is 31.4 Å². The van der Waals surface area contributed by atoms with Crippen molar-refractivity contribution in [3.63, 3.8) is 0 Å². The number of nitrogens with one attached hydrogen (secondary N) is 1. The van der Waals surface area contributed by atoms with Crippen LogP contribution in [0.15, 0.2) is 53.6 Å². The number of anilines is 1. The van der Waals surface area contributed by atoms with Gasteiger partial charge in [0.2, 0.25) is 0 Å². The molecule has 0 fully saturated rings. The lowest BCUT2D eigenvalue weighted by atomic mass is 10.2. The quantitative estimate of drug-likeness (QED) is 0.196. The van der Waals surface area contributed by atoms with Gasteiger partial charge in [0.05, 0.1) is 28.8 Å². The van der Waals surface area contributed by atoms with E-state index in [4.69, 9.17) is 10.5 Å². The summed E-state index contributed by atoms with van der Waals surface area (Å²) < 4.78 is 6.28. The summed E-state index contributed by atoms with van der Waals surface area (Å²) in [5.74, 6) is -0.384. The maximum Gasteiger partial charge on any atom is 0.270 e. The van der Waals surface area contributed by atoms with Gasteiger partial charge in [-0.1, -0.05) is 24.3 Å². The van der Waals surface area contributed by atoms with Gasteiger partial charge < -0.3 is 15.8 Å². The van der Waals surface area contributed by atoms with Crippen LogP contribution in [0, 0.1) is 10.1 Å². The number of amides is 1. The van der Waals surface area contributed by atoms with Crippen LogP contribution >= 0.6 is 0 Å². The Balaban J connectivity index is 1.85. The molecular weight excluding hydrogens is 414 g/mol. The first-order valence-electron chi connectivity index (χ1n) is 9.62. The second kappa shape index (κ2) is 8.78. The van der Waals surface area contributed by atoms with Crippen molar-refractivity contribution in [1.29, 1.82) is 0 Å². The van der Waals surface area contributed by atoms with Crippen LogP contribution in [0.2, 0.25) is 0 Å². The Morgan fingerprint density at radius 3 is 2.72 bits per heavy atom. The molecule has 0 aliphatic carbocycles. The number of nitro groups is 1. The summed E-state index contributed by atoms with van der Waals surface area (Å²) in [6.07, 6.45) is 1.41. The third-order valence-electron chi connectivity index (χ3n) is 4.70.